The molecule has 0 spiro atoms. The van der Waals surface area contributed by atoms with E-state index >= 15 is 9.59 Å². The van der Waals surface area contributed by atoms with Gasteiger partial charge in [0.05, 0.1) is 5.69 Å². The minimum absolute atomic E-state index is 0.298. The zero-order valence-electron chi connectivity index (χ0n) is 26.1. The molecular formula is C37H49N2O2P. The lowest BCUT2D eigenvalue weighted by Gasteiger charge is -2.58. The molecule has 10 rings (SSSR count). The van der Waals surface area contributed by atoms with E-state index in [1.807, 2.05) is 6.20 Å². The Labute approximate surface area is 253 Å². The van der Waals surface area contributed by atoms with Crippen LogP contribution in [0.2, 0.25) is 0 Å². The maximum atomic E-state index is 15.4. The van der Waals surface area contributed by atoms with Crippen molar-refractivity contribution in [3.05, 3.63) is 41.7 Å². The largest absolute Gasteiger partial charge is 0.299 e. The molecule has 0 aliphatic heterocycles. The number of benzene rings is 1. The first-order chi connectivity index (χ1) is 20.1. The number of imidazole rings is 1. The molecular weight excluding hydrogens is 535 g/mol. The summed E-state index contributed by atoms with van der Waals surface area (Å²) in [6, 6.07) is 6.65. The van der Waals surface area contributed by atoms with Crippen LogP contribution in [0.4, 0.5) is 0 Å². The van der Waals surface area contributed by atoms with Crippen molar-refractivity contribution >= 4 is 24.5 Å². The van der Waals surface area contributed by atoms with Crippen LogP contribution in [0.25, 0.3) is 5.69 Å². The molecule has 8 aliphatic rings. The molecule has 8 fully saturated rings. The highest BCUT2D eigenvalue weighted by atomic mass is 31.1. The minimum Gasteiger partial charge on any atom is -0.299 e. The third-order valence-electron chi connectivity index (χ3n) is 12.8. The maximum Gasteiger partial charge on any atom is 0.175 e. The quantitative estimate of drug-likeness (QED) is 0.292. The van der Waals surface area contributed by atoms with Crippen molar-refractivity contribution < 1.29 is 9.59 Å². The lowest BCUT2D eigenvalue weighted by atomic mass is 9.50. The maximum absolute atomic E-state index is 15.4. The fraction of sp³-hybridized carbons (Fsp3) is 0.703. The number of carbonyl (C=O) groups is 2. The molecule has 224 valence electrons. The van der Waals surface area contributed by atoms with E-state index in [1.165, 1.54) is 55.3 Å². The van der Waals surface area contributed by atoms with Gasteiger partial charge in [-0.25, -0.2) is 4.98 Å². The summed E-state index contributed by atoms with van der Waals surface area (Å²) < 4.78 is 2.23. The second-order valence-corrected chi connectivity index (χ2v) is 18.4. The summed E-state index contributed by atoms with van der Waals surface area (Å²) >= 11 is 0. The van der Waals surface area contributed by atoms with Gasteiger partial charge in [0.15, 0.2) is 16.6 Å². The highest BCUT2D eigenvalue weighted by molar-refractivity contribution is 7.94. The topological polar surface area (TPSA) is 52.0 Å². The van der Waals surface area contributed by atoms with Crippen LogP contribution in [0.15, 0.2) is 30.6 Å². The van der Waals surface area contributed by atoms with Crippen molar-refractivity contribution in [3.63, 3.8) is 0 Å². The number of hydrogen-bond acceptors (Lipinski definition) is 3. The number of carbonyl (C=O) groups excluding carboxylic acids is 2. The van der Waals surface area contributed by atoms with Crippen molar-refractivity contribution in [2.75, 3.05) is 0 Å². The van der Waals surface area contributed by atoms with Crippen molar-refractivity contribution in [2.24, 2.45) is 46.3 Å². The van der Waals surface area contributed by atoms with Gasteiger partial charge in [-0.1, -0.05) is 45.9 Å². The number of aromatic nitrogens is 2. The molecule has 0 atom stereocenters. The fourth-order valence-electron chi connectivity index (χ4n) is 11.9. The summed E-state index contributed by atoms with van der Waals surface area (Å²) in [6.07, 6.45) is 17.9. The van der Waals surface area contributed by atoms with Gasteiger partial charge < -0.3 is 0 Å². The SMILES string of the molecule is CC(C)c1cccc(C(C)C)c1-n1ccnc1P(C(=O)C12CC3CC(CC(C3)C1)C2)C(=O)C12CC3CC(CC(C3)C1)C2. The number of nitrogens with zero attached hydrogens (tertiary/aromatic N) is 2. The lowest BCUT2D eigenvalue weighted by Crippen LogP contribution is -2.53. The van der Waals surface area contributed by atoms with E-state index in [9.17, 15) is 0 Å². The third-order valence-corrected chi connectivity index (χ3v) is 15.3. The first-order valence-electron chi connectivity index (χ1n) is 17.2. The van der Waals surface area contributed by atoms with Gasteiger partial charge in [-0.3, -0.25) is 14.2 Å². The van der Waals surface area contributed by atoms with Gasteiger partial charge in [0.25, 0.3) is 0 Å². The standard InChI is InChI=1S/C37H49N2O2P/c1-22(2)30-6-5-7-31(23(3)4)32(30)39-9-8-38-35(39)42(33(40)36-16-24-10-25(17-36)12-26(11-24)18-36)34(41)37-19-27-13-28(20-37)15-29(14-27)21-37/h5-9,22-29H,10-21H2,1-4H3. The number of hydrogen-bond donors (Lipinski definition) is 0. The van der Waals surface area contributed by atoms with Crippen LogP contribution >= 0.6 is 7.92 Å². The summed E-state index contributed by atoms with van der Waals surface area (Å²) in [6.45, 7) is 9.01. The van der Waals surface area contributed by atoms with E-state index in [0.29, 0.717) is 58.4 Å². The molecule has 5 heteroatoms. The fourth-order valence-corrected chi connectivity index (χ4v) is 14.5. The lowest BCUT2D eigenvalue weighted by molar-refractivity contribution is -0.138. The van der Waals surface area contributed by atoms with Gasteiger partial charge in [-0.05, 0) is 136 Å². The summed E-state index contributed by atoms with van der Waals surface area (Å²) in [5, 5.41) is 0. The Hall–Kier alpha value is -1.80. The molecule has 0 unspecified atom stereocenters. The van der Waals surface area contributed by atoms with Crippen LogP contribution in [0.3, 0.4) is 0 Å². The summed E-state index contributed by atoms with van der Waals surface area (Å²) in [5.74, 6) is 4.75. The second kappa shape index (κ2) is 9.85. The zero-order valence-corrected chi connectivity index (χ0v) is 27.0. The van der Waals surface area contributed by atoms with Gasteiger partial charge in [0.1, 0.15) is 7.92 Å². The average Bonchev–Trinajstić information content (AvgIpc) is 3.40. The normalized spacial score (nSPS) is 38.5. The van der Waals surface area contributed by atoms with E-state index in [1.54, 1.807) is 0 Å². The molecule has 8 bridgehead atoms. The first-order valence-corrected chi connectivity index (χ1v) is 18.5. The van der Waals surface area contributed by atoms with Crippen LogP contribution < -0.4 is 5.57 Å². The zero-order chi connectivity index (χ0) is 29.0. The highest BCUT2D eigenvalue weighted by Gasteiger charge is 2.61. The van der Waals surface area contributed by atoms with Crippen molar-refractivity contribution in [2.45, 2.75) is 117 Å². The molecule has 8 aliphatic carbocycles. The molecule has 1 heterocycles. The Morgan fingerprint density at radius 1 is 0.714 bits per heavy atom. The van der Waals surface area contributed by atoms with Gasteiger partial charge in [0, 0.05) is 23.2 Å². The monoisotopic (exact) mass is 584 g/mol. The minimum atomic E-state index is -1.70. The van der Waals surface area contributed by atoms with Crippen LogP contribution in [0.1, 0.15) is 128 Å². The molecule has 2 aromatic rings. The Morgan fingerprint density at radius 2 is 1.10 bits per heavy atom. The van der Waals surface area contributed by atoms with Crippen molar-refractivity contribution in [1.29, 1.82) is 0 Å². The van der Waals surface area contributed by atoms with Crippen molar-refractivity contribution in [1.82, 2.24) is 9.55 Å². The van der Waals surface area contributed by atoms with Gasteiger partial charge in [-0.15, -0.1) is 0 Å². The number of para-hydroxylation sites is 1. The predicted octanol–water partition coefficient (Wildman–Crippen LogP) is 8.71. The molecule has 0 radical (unpaired) electrons. The van der Waals surface area contributed by atoms with Crippen LogP contribution in [0, 0.1) is 46.3 Å². The highest BCUT2D eigenvalue weighted by Crippen LogP contribution is 2.68. The van der Waals surface area contributed by atoms with E-state index in [0.717, 1.165) is 44.1 Å². The van der Waals surface area contributed by atoms with Gasteiger partial charge in [0.2, 0.25) is 0 Å². The molecule has 8 saturated carbocycles. The molecule has 0 N–H and O–H groups in total. The van der Waals surface area contributed by atoms with Crippen LogP contribution in [-0.2, 0) is 9.59 Å². The molecule has 0 amide bonds. The smallest absolute Gasteiger partial charge is 0.175 e. The summed E-state index contributed by atoms with van der Waals surface area (Å²) in [7, 11) is -1.70. The van der Waals surface area contributed by atoms with E-state index < -0.39 is 7.92 Å². The summed E-state index contributed by atoms with van der Waals surface area (Å²) in [4.78, 5) is 35.9. The molecule has 1 aromatic carbocycles. The van der Waals surface area contributed by atoms with E-state index in [4.69, 9.17) is 4.98 Å². The van der Waals surface area contributed by atoms with Crippen molar-refractivity contribution in [3.8, 4) is 5.69 Å². The molecule has 1 aromatic heterocycles. The Balaban J connectivity index is 1.28. The molecule has 0 saturated heterocycles. The third kappa shape index (κ3) is 4.20. The first kappa shape index (κ1) is 27.7. The van der Waals surface area contributed by atoms with E-state index in [2.05, 4.69) is 56.7 Å². The Kier molecular flexibility index (Phi) is 6.50. The molecule has 42 heavy (non-hydrogen) atoms. The number of rotatable bonds is 8. The average molecular weight is 585 g/mol. The van der Waals surface area contributed by atoms with E-state index in [-0.39, 0.29) is 10.8 Å². The summed E-state index contributed by atoms with van der Waals surface area (Å²) in [5.41, 5.74) is 4.54. The van der Waals surface area contributed by atoms with Gasteiger partial charge >= 0.3 is 0 Å². The Bertz CT molecular complexity index is 1270. The van der Waals surface area contributed by atoms with Crippen LogP contribution in [0.5, 0.6) is 0 Å². The van der Waals surface area contributed by atoms with Crippen LogP contribution in [-0.4, -0.2) is 20.6 Å². The predicted molar refractivity (Wildman–Crippen MR) is 170 cm³/mol. The molecule has 4 nitrogen and oxygen atoms in total. The Morgan fingerprint density at radius 3 is 1.45 bits per heavy atom. The van der Waals surface area contributed by atoms with Gasteiger partial charge in [-0.2, -0.15) is 0 Å². The second-order valence-electron chi connectivity index (χ2n) is 16.5.